The Balaban J connectivity index is 0.000001000. The monoisotopic (exact) mass is 161 g/mol. The van der Waals surface area contributed by atoms with Crippen molar-refractivity contribution < 1.29 is 4.57 Å². The van der Waals surface area contributed by atoms with E-state index < -0.39 is 7.14 Å². The van der Waals surface area contributed by atoms with Crippen molar-refractivity contribution in [2.75, 3.05) is 13.3 Å². The maximum atomic E-state index is 11.4. The standard InChI is InChI=1S/C8H10OP.Li.H/c1-10(2,9)8-6-4-3-5-7-8;;/h3-6H,1-2H3;;. The molecule has 1 rings (SSSR count). The molecule has 0 spiro atoms. The zero-order valence-electron chi connectivity index (χ0n) is 6.16. The first-order valence-corrected chi connectivity index (χ1v) is 5.73. The van der Waals surface area contributed by atoms with Crippen molar-refractivity contribution in [3.05, 3.63) is 30.3 Å². The quantitative estimate of drug-likeness (QED) is 0.445. The second kappa shape index (κ2) is 4.17. The van der Waals surface area contributed by atoms with E-state index in [0.717, 1.165) is 5.30 Å². The van der Waals surface area contributed by atoms with Crippen LogP contribution in [0, 0.1) is 6.07 Å². The maximum absolute atomic E-state index is 11.4. The molecular weight excluding hydrogens is 150 g/mol. The van der Waals surface area contributed by atoms with Gasteiger partial charge in [0.1, 0.15) is 7.14 Å². The molecule has 1 radical (unpaired) electrons. The molecule has 55 valence electrons. The molecule has 0 saturated heterocycles. The Kier molecular flexibility index (Phi) is 4.19. The minimum atomic E-state index is -2.07. The molecule has 1 aromatic rings. The molecule has 0 aliphatic heterocycles. The molecule has 0 N–H and O–H groups in total. The van der Waals surface area contributed by atoms with E-state index >= 15 is 0 Å². The Bertz CT molecular complexity index is 252. The summed E-state index contributed by atoms with van der Waals surface area (Å²) in [4.78, 5) is 0. The van der Waals surface area contributed by atoms with Crippen LogP contribution in [0.2, 0.25) is 0 Å². The fourth-order valence-corrected chi connectivity index (χ4v) is 1.55. The van der Waals surface area contributed by atoms with Crippen LogP contribution in [0.3, 0.4) is 0 Å². The van der Waals surface area contributed by atoms with Crippen molar-refractivity contribution >= 4 is 31.3 Å². The molecular formula is C8H11LiOP. The molecule has 11 heavy (non-hydrogen) atoms. The average molecular weight is 161 g/mol. The molecule has 0 aliphatic rings. The van der Waals surface area contributed by atoms with E-state index in [1.165, 1.54) is 0 Å². The SMILES string of the molecule is CP(C)(=O)c1[c]cccc1.[LiH]. The number of hydrogen-bond donors (Lipinski definition) is 0. The summed E-state index contributed by atoms with van der Waals surface area (Å²) in [5.41, 5.74) is 0. The molecule has 0 saturated carbocycles. The van der Waals surface area contributed by atoms with Crippen molar-refractivity contribution in [2.45, 2.75) is 0 Å². The van der Waals surface area contributed by atoms with Crippen molar-refractivity contribution in [1.82, 2.24) is 0 Å². The summed E-state index contributed by atoms with van der Waals surface area (Å²) < 4.78 is 11.4. The Morgan fingerprint density at radius 1 is 1.36 bits per heavy atom. The Hall–Kier alpha value is 0.0474. The number of rotatable bonds is 1. The van der Waals surface area contributed by atoms with E-state index in [1.807, 2.05) is 18.2 Å². The van der Waals surface area contributed by atoms with Crippen molar-refractivity contribution in [3.63, 3.8) is 0 Å². The van der Waals surface area contributed by atoms with Gasteiger partial charge in [-0.1, -0.05) is 24.3 Å². The third-order valence-electron chi connectivity index (χ3n) is 1.27. The van der Waals surface area contributed by atoms with Gasteiger partial charge in [0.05, 0.1) is 0 Å². The molecule has 0 aliphatic carbocycles. The van der Waals surface area contributed by atoms with Gasteiger partial charge in [-0.2, -0.15) is 0 Å². The van der Waals surface area contributed by atoms with E-state index in [2.05, 4.69) is 6.07 Å². The van der Waals surface area contributed by atoms with Crippen LogP contribution in [0.4, 0.5) is 0 Å². The first-order valence-electron chi connectivity index (χ1n) is 3.13. The topological polar surface area (TPSA) is 17.1 Å². The van der Waals surface area contributed by atoms with Gasteiger partial charge in [0, 0.05) is 5.30 Å². The zero-order valence-corrected chi connectivity index (χ0v) is 7.06. The van der Waals surface area contributed by atoms with Gasteiger partial charge in [-0.25, -0.2) is 0 Å². The van der Waals surface area contributed by atoms with Crippen molar-refractivity contribution in [1.29, 1.82) is 0 Å². The third kappa shape index (κ3) is 3.30. The molecule has 1 nitrogen and oxygen atoms in total. The Morgan fingerprint density at radius 2 is 2.00 bits per heavy atom. The first-order chi connectivity index (χ1) is 4.61. The van der Waals surface area contributed by atoms with Gasteiger partial charge in [0.2, 0.25) is 0 Å². The first kappa shape index (κ1) is 11.0. The molecule has 3 heteroatoms. The van der Waals surface area contributed by atoms with Gasteiger partial charge in [-0.05, 0) is 19.4 Å². The van der Waals surface area contributed by atoms with Crippen LogP contribution in [0.25, 0.3) is 0 Å². The summed E-state index contributed by atoms with van der Waals surface area (Å²) in [6, 6.07) is 10.3. The minimum absolute atomic E-state index is 0. The van der Waals surface area contributed by atoms with E-state index in [-0.39, 0.29) is 18.9 Å². The molecule has 0 fully saturated rings. The number of hydrogen-bond acceptors (Lipinski definition) is 1. The van der Waals surface area contributed by atoms with Gasteiger partial charge >= 0.3 is 18.9 Å². The van der Waals surface area contributed by atoms with Crippen LogP contribution in [-0.4, -0.2) is 32.2 Å². The summed E-state index contributed by atoms with van der Waals surface area (Å²) >= 11 is 0. The predicted molar refractivity (Wildman–Crippen MR) is 51.5 cm³/mol. The van der Waals surface area contributed by atoms with E-state index in [9.17, 15) is 4.57 Å². The molecule has 0 atom stereocenters. The van der Waals surface area contributed by atoms with Crippen molar-refractivity contribution in [3.8, 4) is 0 Å². The molecule has 0 aromatic heterocycles. The van der Waals surface area contributed by atoms with E-state index in [0.29, 0.717) is 0 Å². The van der Waals surface area contributed by atoms with Crippen LogP contribution in [0.1, 0.15) is 0 Å². The van der Waals surface area contributed by atoms with Crippen LogP contribution in [0.15, 0.2) is 24.3 Å². The summed E-state index contributed by atoms with van der Waals surface area (Å²) in [6.07, 6.45) is 0. The zero-order chi connectivity index (χ0) is 7.61. The predicted octanol–water partition coefficient (Wildman–Crippen LogP) is 1.09. The van der Waals surface area contributed by atoms with Crippen LogP contribution < -0.4 is 5.30 Å². The molecule has 0 unspecified atom stereocenters. The average Bonchev–Trinajstić information content (AvgIpc) is 1.88. The molecule has 0 amide bonds. The summed E-state index contributed by atoms with van der Waals surface area (Å²) in [7, 11) is -2.07. The van der Waals surface area contributed by atoms with Gasteiger partial charge in [-0.3, -0.25) is 0 Å². The molecule has 1 aromatic carbocycles. The van der Waals surface area contributed by atoms with Gasteiger partial charge in [0.25, 0.3) is 0 Å². The molecule has 0 bridgehead atoms. The summed E-state index contributed by atoms with van der Waals surface area (Å²) in [5, 5.41) is 0.829. The van der Waals surface area contributed by atoms with Gasteiger partial charge in [-0.15, -0.1) is 0 Å². The van der Waals surface area contributed by atoms with Crippen LogP contribution >= 0.6 is 7.14 Å². The Morgan fingerprint density at radius 3 is 2.27 bits per heavy atom. The van der Waals surface area contributed by atoms with Crippen molar-refractivity contribution in [2.24, 2.45) is 0 Å². The van der Waals surface area contributed by atoms with Gasteiger partial charge in [0.15, 0.2) is 0 Å². The summed E-state index contributed by atoms with van der Waals surface area (Å²) in [5.74, 6) is 0. The fourth-order valence-electron chi connectivity index (χ4n) is 0.719. The Labute approximate surface area is 79.7 Å². The normalized spacial score (nSPS) is 10.4. The van der Waals surface area contributed by atoms with E-state index in [1.54, 1.807) is 19.4 Å². The fraction of sp³-hybridized carbons (Fsp3) is 0.250. The van der Waals surface area contributed by atoms with E-state index in [4.69, 9.17) is 0 Å². The third-order valence-corrected chi connectivity index (χ3v) is 2.71. The summed E-state index contributed by atoms with van der Waals surface area (Å²) in [6.45, 7) is 3.50. The number of benzene rings is 1. The second-order valence-corrected chi connectivity index (χ2v) is 5.78. The second-order valence-electron chi connectivity index (χ2n) is 2.60. The molecule has 0 heterocycles. The van der Waals surface area contributed by atoms with Gasteiger partial charge < -0.3 is 4.57 Å². The van der Waals surface area contributed by atoms with Crippen LogP contribution in [0.5, 0.6) is 0 Å². The van der Waals surface area contributed by atoms with Crippen LogP contribution in [-0.2, 0) is 4.57 Å².